The molecule has 3 rings (SSSR count). The Hall–Kier alpha value is -3.06. The molecule has 1 fully saturated rings. The zero-order valence-corrected chi connectivity index (χ0v) is 16.7. The first-order valence-electron chi connectivity index (χ1n) is 9.75. The molecule has 29 heavy (non-hydrogen) atoms. The van der Waals surface area contributed by atoms with Crippen LogP contribution in [0.3, 0.4) is 0 Å². The highest BCUT2D eigenvalue weighted by Gasteiger charge is 2.22. The molecule has 1 N–H and O–H groups in total. The fourth-order valence-electron chi connectivity index (χ4n) is 3.20. The molecule has 0 radical (unpaired) electrons. The van der Waals surface area contributed by atoms with Crippen molar-refractivity contribution in [3.05, 3.63) is 60.2 Å². The molecule has 0 aromatic heterocycles. The van der Waals surface area contributed by atoms with Crippen LogP contribution in [0.15, 0.2) is 54.6 Å². The topological polar surface area (TPSA) is 71.1 Å². The second kappa shape index (κ2) is 10.5. The summed E-state index contributed by atoms with van der Waals surface area (Å²) >= 11 is 0. The number of ether oxygens (including phenoxy) is 2. The standard InChI is InChI=1S/C22H27N3O4/c1-28-20-10-5-9-19(15-20)23-22(27)25-12-6-11-24(13-14-25)21(26)17-29-16-18-7-3-2-4-8-18/h2-5,7-10,15H,6,11-14,16-17H2,1H3,(H,23,27). The molecule has 2 aromatic carbocycles. The molecule has 0 saturated carbocycles. The van der Waals surface area contributed by atoms with Crippen molar-refractivity contribution in [2.24, 2.45) is 0 Å². The van der Waals surface area contributed by atoms with Crippen LogP contribution in [0, 0.1) is 0 Å². The smallest absolute Gasteiger partial charge is 0.321 e. The Balaban J connectivity index is 1.45. The Morgan fingerprint density at radius 2 is 1.72 bits per heavy atom. The van der Waals surface area contributed by atoms with Gasteiger partial charge < -0.3 is 24.6 Å². The van der Waals surface area contributed by atoms with Gasteiger partial charge >= 0.3 is 6.03 Å². The second-order valence-electron chi connectivity index (χ2n) is 6.86. The summed E-state index contributed by atoms with van der Waals surface area (Å²) in [7, 11) is 1.59. The van der Waals surface area contributed by atoms with Crippen molar-refractivity contribution in [1.82, 2.24) is 9.80 Å². The number of anilines is 1. The van der Waals surface area contributed by atoms with Gasteiger partial charge in [0.05, 0.1) is 13.7 Å². The van der Waals surface area contributed by atoms with Crippen LogP contribution in [0.1, 0.15) is 12.0 Å². The second-order valence-corrected chi connectivity index (χ2v) is 6.86. The van der Waals surface area contributed by atoms with Gasteiger partial charge in [-0.1, -0.05) is 36.4 Å². The van der Waals surface area contributed by atoms with Crippen molar-refractivity contribution in [3.63, 3.8) is 0 Å². The fourth-order valence-corrected chi connectivity index (χ4v) is 3.20. The van der Waals surface area contributed by atoms with Crippen LogP contribution in [-0.4, -0.2) is 61.6 Å². The van der Waals surface area contributed by atoms with Crippen molar-refractivity contribution in [2.45, 2.75) is 13.0 Å². The number of carbonyl (C=O) groups excluding carboxylic acids is 2. The lowest BCUT2D eigenvalue weighted by molar-refractivity contribution is -0.136. The van der Waals surface area contributed by atoms with Gasteiger partial charge in [-0.15, -0.1) is 0 Å². The van der Waals surface area contributed by atoms with Crippen LogP contribution < -0.4 is 10.1 Å². The summed E-state index contributed by atoms with van der Waals surface area (Å²) in [4.78, 5) is 28.5. The molecular weight excluding hydrogens is 370 g/mol. The number of nitrogens with zero attached hydrogens (tertiary/aromatic N) is 2. The number of methoxy groups -OCH3 is 1. The van der Waals surface area contributed by atoms with Gasteiger partial charge in [0.15, 0.2) is 0 Å². The molecule has 2 aromatic rings. The van der Waals surface area contributed by atoms with E-state index in [0.717, 1.165) is 12.0 Å². The van der Waals surface area contributed by atoms with E-state index >= 15 is 0 Å². The number of rotatable bonds is 6. The lowest BCUT2D eigenvalue weighted by atomic mass is 10.2. The lowest BCUT2D eigenvalue weighted by Gasteiger charge is -2.22. The average Bonchev–Trinajstić information content (AvgIpc) is 3.01. The van der Waals surface area contributed by atoms with E-state index in [2.05, 4.69) is 5.32 Å². The van der Waals surface area contributed by atoms with Gasteiger partial charge in [-0.25, -0.2) is 4.79 Å². The molecule has 0 spiro atoms. The third kappa shape index (κ3) is 6.22. The summed E-state index contributed by atoms with van der Waals surface area (Å²) in [5.41, 5.74) is 1.72. The van der Waals surface area contributed by atoms with Crippen molar-refractivity contribution >= 4 is 17.6 Å². The van der Waals surface area contributed by atoms with E-state index in [1.54, 1.807) is 23.0 Å². The minimum atomic E-state index is -0.173. The van der Waals surface area contributed by atoms with E-state index in [4.69, 9.17) is 9.47 Å². The van der Waals surface area contributed by atoms with Gasteiger partial charge in [-0.3, -0.25) is 4.79 Å². The molecule has 7 nitrogen and oxygen atoms in total. The third-order valence-electron chi connectivity index (χ3n) is 4.79. The van der Waals surface area contributed by atoms with Crippen molar-refractivity contribution < 1.29 is 19.1 Å². The number of nitrogens with one attached hydrogen (secondary N) is 1. The third-order valence-corrected chi connectivity index (χ3v) is 4.79. The maximum atomic E-state index is 12.6. The molecule has 0 aliphatic carbocycles. The van der Waals surface area contributed by atoms with Crippen LogP contribution in [0.2, 0.25) is 0 Å². The SMILES string of the molecule is COc1cccc(NC(=O)N2CCCN(C(=O)COCc3ccccc3)CC2)c1. The number of carbonyl (C=O) groups is 2. The monoisotopic (exact) mass is 397 g/mol. The zero-order chi connectivity index (χ0) is 20.5. The first-order chi connectivity index (χ1) is 14.2. The van der Waals surface area contributed by atoms with Gasteiger partial charge in [0.25, 0.3) is 0 Å². The Bertz CT molecular complexity index is 813. The molecule has 154 valence electrons. The largest absolute Gasteiger partial charge is 0.497 e. The Morgan fingerprint density at radius 1 is 0.966 bits per heavy atom. The highest BCUT2D eigenvalue weighted by molar-refractivity contribution is 5.89. The van der Waals surface area contributed by atoms with Crippen LogP contribution in [0.25, 0.3) is 0 Å². The summed E-state index contributed by atoms with van der Waals surface area (Å²) in [6.45, 7) is 2.67. The summed E-state index contributed by atoms with van der Waals surface area (Å²) in [6.07, 6.45) is 0.732. The zero-order valence-electron chi connectivity index (χ0n) is 16.7. The Labute approximate surface area is 171 Å². The molecular formula is C22H27N3O4. The molecule has 1 saturated heterocycles. The fraction of sp³-hybridized carbons (Fsp3) is 0.364. The van der Waals surface area contributed by atoms with E-state index < -0.39 is 0 Å². The normalized spacial score (nSPS) is 14.2. The Kier molecular flexibility index (Phi) is 7.47. The lowest BCUT2D eigenvalue weighted by Crippen LogP contribution is -2.40. The quantitative estimate of drug-likeness (QED) is 0.814. The van der Waals surface area contributed by atoms with Gasteiger partial charge in [0.2, 0.25) is 5.91 Å². The molecule has 7 heteroatoms. The first-order valence-corrected chi connectivity index (χ1v) is 9.75. The minimum Gasteiger partial charge on any atom is -0.497 e. The molecule has 0 unspecified atom stereocenters. The number of hydrogen-bond acceptors (Lipinski definition) is 4. The van der Waals surface area contributed by atoms with Crippen LogP contribution in [0.5, 0.6) is 5.75 Å². The van der Waals surface area contributed by atoms with E-state index in [-0.39, 0.29) is 18.5 Å². The summed E-state index contributed by atoms with van der Waals surface area (Å²) < 4.78 is 10.7. The summed E-state index contributed by atoms with van der Waals surface area (Å²) in [6, 6.07) is 16.8. The van der Waals surface area contributed by atoms with Crippen molar-refractivity contribution in [2.75, 3.05) is 45.2 Å². The van der Waals surface area contributed by atoms with Gasteiger partial charge in [-0.2, -0.15) is 0 Å². The number of urea groups is 1. The van der Waals surface area contributed by atoms with E-state index in [1.165, 1.54) is 0 Å². The molecule has 1 heterocycles. The summed E-state index contributed by atoms with van der Waals surface area (Å²) in [5, 5.41) is 2.89. The van der Waals surface area contributed by atoms with E-state index in [1.807, 2.05) is 48.5 Å². The van der Waals surface area contributed by atoms with Gasteiger partial charge in [-0.05, 0) is 24.1 Å². The number of benzene rings is 2. The molecule has 0 atom stereocenters. The number of amides is 3. The predicted octanol–water partition coefficient (Wildman–Crippen LogP) is 2.98. The minimum absolute atomic E-state index is 0.0454. The number of hydrogen-bond donors (Lipinski definition) is 1. The van der Waals surface area contributed by atoms with Gasteiger partial charge in [0, 0.05) is 37.9 Å². The van der Waals surface area contributed by atoms with Crippen molar-refractivity contribution in [1.29, 1.82) is 0 Å². The van der Waals surface area contributed by atoms with Crippen LogP contribution in [0.4, 0.5) is 10.5 Å². The molecule has 1 aliphatic heterocycles. The molecule has 3 amide bonds. The Morgan fingerprint density at radius 3 is 2.52 bits per heavy atom. The van der Waals surface area contributed by atoms with Gasteiger partial charge in [0.1, 0.15) is 12.4 Å². The highest BCUT2D eigenvalue weighted by Crippen LogP contribution is 2.17. The average molecular weight is 397 g/mol. The molecule has 1 aliphatic rings. The van der Waals surface area contributed by atoms with E-state index in [9.17, 15) is 9.59 Å². The first kappa shape index (κ1) is 20.7. The summed E-state index contributed by atoms with van der Waals surface area (Å²) in [5.74, 6) is 0.641. The molecule has 0 bridgehead atoms. The van der Waals surface area contributed by atoms with Crippen LogP contribution in [-0.2, 0) is 16.1 Å². The van der Waals surface area contributed by atoms with Crippen LogP contribution >= 0.6 is 0 Å². The highest BCUT2D eigenvalue weighted by atomic mass is 16.5. The maximum absolute atomic E-state index is 12.6. The predicted molar refractivity (Wildman–Crippen MR) is 111 cm³/mol. The van der Waals surface area contributed by atoms with Crippen molar-refractivity contribution in [3.8, 4) is 5.75 Å². The maximum Gasteiger partial charge on any atom is 0.321 e. The van der Waals surface area contributed by atoms with E-state index in [0.29, 0.717) is 44.2 Å².